The van der Waals surface area contributed by atoms with Crippen LogP contribution in [0.4, 0.5) is 10.1 Å². The minimum atomic E-state index is -0.503. The Balaban J connectivity index is 2.28. The highest BCUT2D eigenvalue weighted by Gasteiger charge is 2.12. The Bertz CT molecular complexity index is 643. The molecule has 1 N–H and O–H groups in total. The zero-order valence-corrected chi connectivity index (χ0v) is 10.3. The molecule has 1 heterocycles. The largest absolute Gasteiger partial charge is 0.321 e. The van der Waals surface area contributed by atoms with Gasteiger partial charge in [-0.15, -0.1) is 0 Å². The molecule has 0 fully saturated rings. The topological polar surface area (TPSA) is 52.9 Å². The van der Waals surface area contributed by atoms with Crippen LogP contribution in [-0.4, -0.2) is 5.91 Å². The molecule has 18 heavy (non-hydrogen) atoms. The second kappa shape index (κ2) is 4.98. The van der Waals surface area contributed by atoms with Crippen molar-refractivity contribution in [3.05, 3.63) is 51.5 Å². The predicted octanol–water partition coefficient (Wildman–Crippen LogP) is 3.32. The molecule has 0 unspecified atom stereocenters. The van der Waals surface area contributed by atoms with Crippen molar-refractivity contribution in [3.63, 3.8) is 0 Å². The van der Waals surface area contributed by atoms with Gasteiger partial charge in [-0.1, -0.05) is 0 Å². The maximum atomic E-state index is 12.9. The van der Waals surface area contributed by atoms with Crippen molar-refractivity contribution in [2.24, 2.45) is 0 Å². The third-order valence-electron chi connectivity index (χ3n) is 2.45. The van der Waals surface area contributed by atoms with Crippen LogP contribution < -0.4 is 5.32 Å². The highest BCUT2D eigenvalue weighted by atomic mass is 32.1. The number of nitriles is 1. The first-order valence-electron chi connectivity index (χ1n) is 5.15. The van der Waals surface area contributed by atoms with Gasteiger partial charge < -0.3 is 5.32 Å². The Morgan fingerprint density at radius 2 is 2.22 bits per heavy atom. The average Bonchev–Trinajstić information content (AvgIpc) is 2.77. The fourth-order valence-corrected chi connectivity index (χ4v) is 2.33. The minimum Gasteiger partial charge on any atom is -0.321 e. The maximum absolute atomic E-state index is 12.9. The Hall–Kier alpha value is -2.19. The molecular formula is C13H9FN2OS. The lowest BCUT2D eigenvalue weighted by Gasteiger charge is -2.06. The van der Waals surface area contributed by atoms with Gasteiger partial charge in [0.1, 0.15) is 11.9 Å². The number of nitrogens with one attached hydrogen (secondary N) is 1. The molecule has 1 aromatic carbocycles. The molecule has 0 atom stereocenters. The van der Waals surface area contributed by atoms with E-state index in [1.807, 2.05) is 18.4 Å². The molecule has 1 aromatic heterocycles. The second-order valence-electron chi connectivity index (χ2n) is 3.72. The predicted molar refractivity (Wildman–Crippen MR) is 68.1 cm³/mol. The first kappa shape index (κ1) is 12.3. The van der Waals surface area contributed by atoms with E-state index < -0.39 is 5.82 Å². The maximum Gasteiger partial charge on any atom is 0.256 e. The zero-order chi connectivity index (χ0) is 13.1. The van der Waals surface area contributed by atoms with Crippen molar-refractivity contribution in [1.29, 1.82) is 5.26 Å². The van der Waals surface area contributed by atoms with Gasteiger partial charge in [0.15, 0.2) is 0 Å². The highest BCUT2D eigenvalue weighted by molar-refractivity contribution is 7.08. The summed E-state index contributed by atoms with van der Waals surface area (Å²) in [4.78, 5) is 11.9. The number of carbonyl (C=O) groups is 1. The number of anilines is 1. The first-order chi connectivity index (χ1) is 8.61. The number of aryl methyl sites for hydroxylation is 1. The van der Waals surface area contributed by atoms with E-state index in [0.29, 0.717) is 11.3 Å². The smallest absolute Gasteiger partial charge is 0.256 e. The average molecular weight is 260 g/mol. The van der Waals surface area contributed by atoms with E-state index in [-0.39, 0.29) is 11.5 Å². The Morgan fingerprint density at radius 3 is 2.83 bits per heavy atom. The molecule has 0 aliphatic heterocycles. The first-order valence-corrected chi connectivity index (χ1v) is 6.10. The molecule has 0 aliphatic rings. The van der Waals surface area contributed by atoms with Crippen molar-refractivity contribution in [2.75, 3.05) is 5.32 Å². The molecule has 1 amide bonds. The van der Waals surface area contributed by atoms with Gasteiger partial charge in [0, 0.05) is 5.38 Å². The normalized spacial score (nSPS) is 9.83. The molecule has 2 rings (SSSR count). The molecule has 90 valence electrons. The van der Waals surface area contributed by atoms with E-state index in [0.717, 1.165) is 11.6 Å². The molecule has 0 aliphatic carbocycles. The van der Waals surface area contributed by atoms with E-state index >= 15 is 0 Å². The fourth-order valence-electron chi connectivity index (χ4n) is 1.50. The monoisotopic (exact) mass is 260 g/mol. The van der Waals surface area contributed by atoms with Crippen LogP contribution in [0, 0.1) is 24.1 Å². The Morgan fingerprint density at radius 1 is 1.44 bits per heavy atom. The molecule has 0 spiro atoms. The van der Waals surface area contributed by atoms with E-state index in [9.17, 15) is 9.18 Å². The van der Waals surface area contributed by atoms with Crippen molar-refractivity contribution in [2.45, 2.75) is 6.92 Å². The molecule has 0 bridgehead atoms. The summed E-state index contributed by atoms with van der Waals surface area (Å²) in [5.41, 5.74) is 1.86. The van der Waals surface area contributed by atoms with E-state index in [2.05, 4.69) is 5.32 Å². The van der Waals surface area contributed by atoms with E-state index in [1.54, 1.807) is 5.38 Å². The number of halogens is 1. The molecule has 2 aromatic rings. The molecule has 0 saturated carbocycles. The number of rotatable bonds is 2. The van der Waals surface area contributed by atoms with E-state index in [1.165, 1.54) is 23.5 Å². The summed E-state index contributed by atoms with van der Waals surface area (Å²) in [5.74, 6) is -0.798. The highest BCUT2D eigenvalue weighted by Crippen LogP contribution is 2.19. The van der Waals surface area contributed by atoms with Crippen LogP contribution in [0.15, 0.2) is 29.0 Å². The van der Waals surface area contributed by atoms with Crippen LogP contribution in [0.25, 0.3) is 0 Å². The minimum absolute atomic E-state index is 0.108. The van der Waals surface area contributed by atoms with Crippen molar-refractivity contribution < 1.29 is 9.18 Å². The summed E-state index contributed by atoms with van der Waals surface area (Å²) < 4.78 is 12.9. The van der Waals surface area contributed by atoms with Crippen LogP contribution in [0.5, 0.6) is 0 Å². The molecule has 5 heteroatoms. The van der Waals surface area contributed by atoms with Gasteiger partial charge >= 0.3 is 0 Å². The van der Waals surface area contributed by atoms with Crippen LogP contribution in [0.2, 0.25) is 0 Å². The zero-order valence-electron chi connectivity index (χ0n) is 9.53. The van der Waals surface area contributed by atoms with E-state index in [4.69, 9.17) is 5.26 Å². The lowest BCUT2D eigenvalue weighted by molar-refractivity contribution is 0.102. The number of amides is 1. The van der Waals surface area contributed by atoms with Crippen LogP contribution >= 0.6 is 11.3 Å². The number of benzene rings is 1. The van der Waals surface area contributed by atoms with Gasteiger partial charge in [-0.25, -0.2) is 4.39 Å². The summed E-state index contributed by atoms with van der Waals surface area (Å²) in [6, 6.07) is 5.53. The summed E-state index contributed by atoms with van der Waals surface area (Å²) >= 11 is 1.43. The van der Waals surface area contributed by atoms with Gasteiger partial charge in [0.05, 0.1) is 16.8 Å². The molecule has 0 radical (unpaired) electrons. The lowest BCUT2D eigenvalue weighted by Crippen LogP contribution is -2.13. The van der Waals surface area contributed by atoms with Gasteiger partial charge in [0.2, 0.25) is 0 Å². The number of carbonyl (C=O) groups excluding carboxylic acids is 1. The number of thiophene rings is 1. The van der Waals surface area contributed by atoms with Crippen molar-refractivity contribution in [1.82, 2.24) is 0 Å². The summed E-state index contributed by atoms with van der Waals surface area (Å²) in [6.45, 7) is 1.83. The Kier molecular flexibility index (Phi) is 3.40. The van der Waals surface area contributed by atoms with Crippen LogP contribution in [0.1, 0.15) is 21.5 Å². The second-order valence-corrected chi connectivity index (χ2v) is 4.47. The van der Waals surface area contributed by atoms with Gasteiger partial charge in [-0.2, -0.15) is 16.6 Å². The number of hydrogen-bond donors (Lipinski definition) is 1. The third kappa shape index (κ3) is 2.39. The fraction of sp³-hybridized carbons (Fsp3) is 0.0769. The van der Waals surface area contributed by atoms with Crippen LogP contribution in [-0.2, 0) is 0 Å². The Labute approximate surface area is 107 Å². The molecule has 3 nitrogen and oxygen atoms in total. The van der Waals surface area contributed by atoms with Crippen molar-refractivity contribution >= 4 is 22.9 Å². The molecule has 0 saturated heterocycles. The quantitative estimate of drug-likeness (QED) is 0.900. The molecular weight excluding hydrogens is 251 g/mol. The van der Waals surface area contributed by atoms with Crippen LogP contribution in [0.3, 0.4) is 0 Å². The standard InChI is InChI=1S/C13H9FN2OS/c1-8-6-18-7-11(8)13(17)16-12-3-2-10(14)4-9(12)5-15/h2-4,6-7H,1H3,(H,16,17). The lowest BCUT2D eigenvalue weighted by atomic mass is 10.1. The van der Waals surface area contributed by atoms with Gasteiger partial charge in [0.25, 0.3) is 5.91 Å². The summed E-state index contributed by atoms with van der Waals surface area (Å²) in [5, 5.41) is 15.1. The number of hydrogen-bond acceptors (Lipinski definition) is 3. The number of nitrogens with zero attached hydrogens (tertiary/aromatic N) is 1. The van der Waals surface area contributed by atoms with Gasteiger partial charge in [-0.05, 0) is 36.1 Å². The summed E-state index contributed by atoms with van der Waals surface area (Å²) in [6.07, 6.45) is 0. The SMILES string of the molecule is Cc1cscc1C(=O)Nc1ccc(F)cc1C#N. The third-order valence-corrected chi connectivity index (χ3v) is 3.31. The summed E-state index contributed by atoms with van der Waals surface area (Å²) in [7, 11) is 0. The van der Waals surface area contributed by atoms with Gasteiger partial charge in [-0.3, -0.25) is 4.79 Å². The van der Waals surface area contributed by atoms with Crippen molar-refractivity contribution in [3.8, 4) is 6.07 Å².